The molecule has 9 nitrogen and oxygen atoms in total. The van der Waals surface area contributed by atoms with Gasteiger partial charge in [0.1, 0.15) is 11.6 Å². The standard InChI is InChI=1S/C18H21F2N3O6/c1-17(2,16(24)25)9-22-5-4-15(18(19,20)10-22)29-14-6-11(8-21)12(23(26)27)7-13(14)28-3/h6-7,15H,4-5,9-10H2,1-3H3,(H,24,25)/t15-/m1/s1. The van der Waals surface area contributed by atoms with E-state index in [0.717, 1.165) is 12.1 Å². The number of nitro benzene ring substituents is 1. The summed E-state index contributed by atoms with van der Waals surface area (Å²) in [6, 6.07) is 3.60. The van der Waals surface area contributed by atoms with E-state index >= 15 is 0 Å². The van der Waals surface area contributed by atoms with Gasteiger partial charge >= 0.3 is 5.97 Å². The SMILES string of the molecule is COc1cc([N+](=O)[O-])c(C#N)cc1O[C@@H]1CCN(CC(C)(C)C(=O)O)CC1(F)F. The molecule has 0 unspecified atom stereocenters. The number of likely N-dealkylation sites (tertiary alicyclic amines) is 1. The molecule has 2 rings (SSSR count). The fourth-order valence-electron chi connectivity index (χ4n) is 3.09. The number of methoxy groups -OCH3 is 1. The van der Waals surface area contributed by atoms with Gasteiger partial charge in [-0.3, -0.25) is 19.8 Å². The van der Waals surface area contributed by atoms with Gasteiger partial charge in [0, 0.05) is 25.6 Å². The van der Waals surface area contributed by atoms with Gasteiger partial charge in [0.25, 0.3) is 11.6 Å². The zero-order chi connectivity index (χ0) is 22.0. The largest absolute Gasteiger partial charge is 0.493 e. The van der Waals surface area contributed by atoms with Crippen LogP contribution in [0.25, 0.3) is 0 Å². The molecule has 0 saturated carbocycles. The summed E-state index contributed by atoms with van der Waals surface area (Å²) in [5, 5.41) is 29.3. The van der Waals surface area contributed by atoms with E-state index in [4.69, 9.17) is 14.7 Å². The minimum atomic E-state index is -3.31. The molecule has 1 fully saturated rings. The van der Waals surface area contributed by atoms with Gasteiger partial charge in [-0.1, -0.05) is 0 Å². The molecule has 1 aliphatic rings. The number of aliphatic carboxylic acids is 1. The summed E-state index contributed by atoms with van der Waals surface area (Å²) in [6.45, 7) is 2.35. The highest BCUT2D eigenvalue weighted by Crippen LogP contribution is 2.39. The number of hydrogen-bond donors (Lipinski definition) is 1. The molecule has 0 radical (unpaired) electrons. The second kappa shape index (κ2) is 8.16. The number of carboxylic acids is 1. The lowest BCUT2D eigenvalue weighted by Crippen LogP contribution is -2.56. The van der Waals surface area contributed by atoms with Crippen LogP contribution in [-0.4, -0.2) is 59.7 Å². The van der Waals surface area contributed by atoms with Crippen LogP contribution in [0, 0.1) is 26.9 Å². The van der Waals surface area contributed by atoms with Crippen LogP contribution >= 0.6 is 0 Å². The third-order valence-electron chi connectivity index (χ3n) is 4.68. The first-order valence-corrected chi connectivity index (χ1v) is 8.68. The molecule has 1 saturated heterocycles. The minimum absolute atomic E-state index is 0.0515. The zero-order valence-corrected chi connectivity index (χ0v) is 16.1. The number of ether oxygens (including phenoxy) is 2. The van der Waals surface area contributed by atoms with E-state index in [1.54, 1.807) is 6.07 Å². The van der Waals surface area contributed by atoms with E-state index in [-0.39, 0.29) is 36.6 Å². The highest BCUT2D eigenvalue weighted by atomic mass is 19.3. The van der Waals surface area contributed by atoms with Crippen LogP contribution in [0.5, 0.6) is 11.5 Å². The number of alkyl halides is 2. The van der Waals surface area contributed by atoms with Crippen LogP contribution in [0.1, 0.15) is 25.8 Å². The Balaban J connectivity index is 2.22. The Hall–Kier alpha value is -3.00. The molecule has 11 heteroatoms. The van der Waals surface area contributed by atoms with Gasteiger partial charge < -0.3 is 14.6 Å². The van der Waals surface area contributed by atoms with Crippen molar-refractivity contribution in [3.8, 4) is 17.6 Å². The minimum Gasteiger partial charge on any atom is -0.493 e. The van der Waals surface area contributed by atoms with Gasteiger partial charge in [-0.25, -0.2) is 8.78 Å². The highest BCUT2D eigenvalue weighted by Gasteiger charge is 2.48. The molecule has 0 spiro atoms. The van der Waals surface area contributed by atoms with Crippen LogP contribution in [-0.2, 0) is 4.79 Å². The number of nitrogens with zero attached hydrogens (tertiary/aromatic N) is 3. The summed E-state index contributed by atoms with van der Waals surface area (Å²) in [4.78, 5) is 22.9. The summed E-state index contributed by atoms with van der Waals surface area (Å²) in [5.74, 6) is -4.73. The molecular formula is C18H21F2N3O6. The molecule has 0 aromatic heterocycles. The lowest BCUT2D eigenvalue weighted by atomic mass is 9.91. The number of benzene rings is 1. The number of nitro groups is 1. The molecule has 1 aromatic carbocycles. The van der Waals surface area contributed by atoms with Crippen molar-refractivity contribution in [1.29, 1.82) is 5.26 Å². The number of halogens is 2. The maximum absolute atomic E-state index is 14.7. The summed E-state index contributed by atoms with van der Waals surface area (Å²) in [5.41, 5.74) is -2.04. The fraction of sp³-hybridized carbons (Fsp3) is 0.556. The number of rotatable bonds is 7. The van der Waals surface area contributed by atoms with E-state index in [0.29, 0.717) is 0 Å². The van der Waals surface area contributed by atoms with Crippen molar-refractivity contribution in [3.05, 3.63) is 27.8 Å². The van der Waals surface area contributed by atoms with Crippen molar-refractivity contribution >= 4 is 11.7 Å². The normalized spacial score (nSPS) is 19.2. The predicted octanol–water partition coefficient (Wildman–Crippen LogP) is 2.67. The van der Waals surface area contributed by atoms with Crippen molar-refractivity contribution < 1.29 is 33.1 Å². The van der Waals surface area contributed by atoms with Gasteiger partial charge in [0.2, 0.25) is 0 Å². The molecule has 1 atom stereocenters. The number of carbonyl (C=O) groups is 1. The van der Waals surface area contributed by atoms with Gasteiger partial charge in [0.15, 0.2) is 17.6 Å². The summed E-state index contributed by atoms with van der Waals surface area (Å²) >= 11 is 0. The van der Waals surface area contributed by atoms with Gasteiger partial charge in [0.05, 0.1) is 30.1 Å². The third-order valence-corrected chi connectivity index (χ3v) is 4.68. The number of piperidine rings is 1. The average Bonchev–Trinajstić information content (AvgIpc) is 2.62. The van der Waals surface area contributed by atoms with Crippen LogP contribution in [0.15, 0.2) is 12.1 Å². The van der Waals surface area contributed by atoms with Crippen molar-refractivity contribution in [2.75, 3.05) is 26.7 Å². The van der Waals surface area contributed by atoms with E-state index in [1.807, 2.05) is 0 Å². The molecule has 1 heterocycles. The van der Waals surface area contributed by atoms with E-state index in [9.17, 15) is 28.8 Å². The van der Waals surface area contributed by atoms with E-state index in [1.165, 1.54) is 25.9 Å². The van der Waals surface area contributed by atoms with Crippen LogP contribution in [0.4, 0.5) is 14.5 Å². The van der Waals surface area contributed by atoms with Crippen LogP contribution in [0.3, 0.4) is 0 Å². The van der Waals surface area contributed by atoms with E-state index < -0.39 is 40.6 Å². The Kier molecular flexibility index (Phi) is 6.27. The van der Waals surface area contributed by atoms with Crippen molar-refractivity contribution in [1.82, 2.24) is 4.90 Å². The average molecular weight is 413 g/mol. The molecule has 0 amide bonds. The molecule has 1 aliphatic heterocycles. The highest BCUT2D eigenvalue weighted by molar-refractivity contribution is 5.73. The first-order chi connectivity index (χ1) is 13.4. The van der Waals surface area contributed by atoms with Gasteiger partial charge in [-0.2, -0.15) is 5.26 Å². The van der Waals surface area contributed by atoms with Gasteiger partial charge in [-0.05, 0) is 13.8 Å². The third kappa shape index (κ3) is 4.89. The maximum atomic E-state index is 14.7. The predicted molar refractivity (Wildman–Crippen MR) is 96.2 cm³/mol. The van der Waals surface area contributed by atoms with Crippen LogP contribution < -0.4 is 9.47 Å². The zero-order valence-electron chi connectivity index (χ0n) is 16.1. The fourth-order valence-corrected chi connectivity index (χ4v) is 3.09. The smallest absolute Gasteiger partial charge is 0.310 e. The van der Waals surface area contributed by atoms with E-state index in [2.05, 4.69) is 0 Å². The second-order valence-electron chi connectivity index (χ2n) is 7.45. The maximum Gasteiger partial charge on any atom is 0.310 e. The monoisotopic (exact) mass is 413 g/mol. The lowest BCUT2D eigenvalue weighted by molar-refractivity contribution is -0.385. The molecule has 0 aliphatic carbocycles. The summed E-state index contributed by atoms with van der Waals surface area (Å²) in [7, 11) is 1.20. The molecule has 1 aromatic rings. The molecule has 158 valence electrons. The van der Waals surface area contributed by atoms with Crippen molar-refractivity contribution in [2.24, 2.45) is 5.41 Å². The van der Waals surface area contributed by atoms with Gasteiger partial charge in [-0.15, -0.1) is 0 Å². The second-order valence-corrected chi connectivity index (χ2v) is 7.45. The topological polar surface area (TPSA) is 126 Å². The van der Waals surface area contributed by atoms with Crippen molar-refractivity contribution in [2.45, 2.75) is 32.3 Å². The summed E-state index contributed by atoms with van der Waals surface area (Å²) < 4.78 is 39.8. The lowest BCUT2D eigenvalue weighted by Gasteiger charge is -2.40. The molecular weight excluding hydrogens is 392 g/mol. The Morgan fingerprint density at radius 1 is 1.48 bits per heavy atom. The Morgan fingerprint density at radius 2 is 2.14 bits per heavy atom. The number of carboxylic acid groups (broad SMARTS) is 1. The molecule has 29 heavy (non-hydrogen) atoms. The van der Waals surface area contributed by atoms with Crippen LogP contribution in [0.2, 0.25) is 0 Å². The Bertz CT molecular complexity index is 853. The Morgan fingerprint density at radius 3 is 2.62 bits per heavy atom. The van der Waals surface area contributed by atoms with Crippen molar-refractivity contribution in [3.63, 3.8) is 0 Å². The quantitative estimate of drug-likeness (QED) is 0.534. The molecule has 1 N–H and O–H groups in total. The Labute approximate surface area is 165 Å². The number of hydrogen-bond acceptors (Lipinski definition) is 7. The molecule has 0 bridgehead atoms. The first kappa shape index (κ1) is 22.3. The summed E-state index contributed by atoms with van der Waals surface area (Å²) in [6.07, 6.45) is -1.67. The number of nitriles is 1. The first-order valence-electron chi connectivity index (χ1n) is 8.68.